The van der Waals surface area contributed by atoms with Crippen molar-refractivity contribution in [1.82, 2.24) is 0 Å². The Morgan fingerprint density at radius 1 is 0.875 bits per heavy atom. The average Bonchev–Trinajstić information content (AvgIpc) is 2.36. The molecule has 0 atom stereocenters. The van der Waals surface area contributed by atoms with Crippen LogP contribution in [0.1, 0.15) is 38.5 Å². The Morgan fingerprint density at radius 3 is 1.44 bits per heavy atom. The second-order valence-electron chi connectivity index (χ2n) is 3.57. The smallest absolute Gasteiger partial charge is 0.306 e. The zero-order valence-corrected chi connectivity index (χ0v) is 11.0. The molecule has 0 heterocycles. The lowest BCUT2D eigenvalue weighted by Gasteiger charge is -2.05. The Bertz CT molecular complexity index is 175. The maximum atomic E-state index is 10.6. The van der Waals surface area contributed by atoms with Gasteiger partial charge in [-0.3, -0.25) is 4.57 Å². The van der Waals surface area contributed by atoms with E-state index in [1.165, 1.54) is 50.7 Å². The molecule has 0 spiro atoms. The minimum absolute atomic E-state index is 0.259. The van der Waals surface area contributed by atoms with Gasteiger partial charge in [0.25, 0.3) is 0 Å². The van der Waals surface area contributed by atoms with Crippen molar-refractivity contribution in [2.24, 2.45) is 0 Å². The van der Waals surface area contributed by atoms with Gasteiger partial charge in [-0.25, -0.2) is 0 Å². The van der Waals surface area contributed by atoms with Gasteiger partial charge < -0.3 is 9.05 Å². The van der Waals surface area contributed by atoms with E-state index in [-0.39, 0.29) is 13.2 Å². The van der Waals surface area contributed by atoms with Crippen molar-refractivity contribution in [3.63, 3.8) is 0 Å². The zero-order valence-electron chi connectivity index (χ0n) is 9.95. The molecule has 0 aliphatic heterocycles. The lowest BCUT2D eigenvalue weighted by molar-refractivity contribution is 0.261. The van der Waals surface area contributed by atoms with Crippen molar-refractivity contribution in [3.05, 3.63) is 25.3 Å². The van der Waals surface area contributed by atoms with E-state index in [0.717, 1.165) is 0 Å². The number of hydrogen-bond donors (Lipinski definition) is 0. The summed E-state index contributed by atoms with van der Waals surface area (Å²) >= 11 is 0. The third-order valence-electron chi connectivity index (χ3n) is 2.14. The van der Waals surface area contributed by atoms with Crippen LogP contribution < -0.4 is 0 Å². The van der Waals surface area contributed by atoms with E-state index < -0.39 is 8.25 Å². The van der Waals surface area contributed by atoms with Gasteiger partial charge in [0.15, 0.2) is 0 Å². The van der Waals surface area contributed by atoms with Crippen molar-refractivity contribution < 1.29 is 13.6 Å². The largest absolute Gasteiger partial charge is 0.319 e. The number of hydrogen-bond acceptors (Lipinski definition) is 3. The molecule has 94 valence electrons. The fraction of sp³-hybridized carbons (Fsp3) is 0.667. The molecule has 4 heteroatoms. The molecule has 0 radical (unpaired) electrons. The lowest BCUT2D eigenvalue weighted by atomic mass is 10.0. The first-order chi connectivity index (χ1) is 7.81. The van der Waals surface area contributed by atoms with Gasteiger partial charge in [-0.05, 0) is 0 Å². The van der Waals surface area contributed by atoms with Gasteiger partial charge in [-0.1, -0.05) is 50.7 Å². The monoisotopic (exact) mass is 246 g/mol. The molecule has 0 amide bonds. The summed E-state index contributed by atoms with van der Waals surface area (Å²) in [6, 6.07) is 0. The van der Waals surface area contributed by atoms with Crippen LogP contribution in [0, 0.1) is 0 Å². The Kier molecular flexibility index (Phi) is 12.4. The van der Waals surface area contributed by atoms with Gasteiger partial charge in [-0.2, -0.15) is 0 Å². The molecule has 0 unspecified atom stereocenters. The van der Waals surface area contributed by atoms with E-state index in [2.05, 4.69) is 22.2 Å². The second-order valence-corrected chi connectivity index (χ2v) is 4.65. The molecule has 0 aromatic carbocycles. The standard InChI is InChI=1S/C6H11O3P.C6H12/c1-3-5-8-10(7)9-6-4-2;1-2-4-6-5-3-1/h3-4,10H,1-2,5-6H2;1-6H2. The average molecular weight is 246 g/mol. The molecule has 0 aromatic rings. The lowest BCUT2D eigenvalue weighted by Crippen LogP contribution is -1.85. The van der Waals surface area contributed by atoms with Crippen LogP contribution >= 0.6 is 8.25 Å². The fourth-order valence-corrected chi connectivity index (χ4v) is 1.95. The predicted octanol–water partition coefficient (Wildman–Crippen LogP) is 4.12. The highest BCUT2D eigenvalue weighted by molar-refractivity contribution is 7.33. The molecular formula is C12H23O3P. The summed E-state index contributed by atoms with van der Waals surface area (Å²) in [5, 5.41) is 0. The highest BCUT2D eigenvalue weighted by Crippen LogP contribution is 2.22. The van der Waals surface area contributed by atoms with Crippen LogP contribution in [0.2, 0.25) is 0 Å². The minimum atomic E-state index is -2.31. The van der Waals surface area contributed by atoms with Gasteiger partial charge in [0.05, 0.1) is 13.2 Å². The molecule has 0 N–H and O–H groups in total. The molecule has 16 heavy (non-hydrogen) atoms. The summed E-state index contributed by atoms with van der Waals surface area (Å²) < 4.78 is 19.9. The first-order valence-corrected chi connectivity index (χ1v) is 7.05. The van der Waals surface area contributed by atoms with Crippen LogP contribution in [-0.4, -0.2) is 13.2 Å². The first-order valence-electron chi connectivity index (χ1n) is 5.82. The molecule has 1 rings (SSSR count). The Labute approximate surface area is 99.5 Å². The Morgan fingerprint density at radius 2 is 1.19 bits per heavy atom. The third-order valence-corrected chi connectivity index (χ3v) is 2.94. The van der Waals surface area contributed by atoms with E-state index in [1.807, 2.05) is 0 Å². The molecule has 3 nitrogen and oxygen atoms in total. The third kappa shape index (κ3) is 11.7. The molecule has 1 fully saturated rings. The van der Waals surface area contributed by atoms with Crippen molar-refractivity contribution in [3.8, 4) is 0 Å². The van der Waals surface area contributed by atoms with Gasteiger partial charge >= 0.3 is 8.25 Å². The normalized spacial score (nSPS) is 15.1. The Hall–Kier alpha value is -0.370. The van der Waals surface area contributed by atoms with Crippen LogP contribution in [0.3, 0.4) is 0 Å². The summed E-state index contributed by atoms with van der Waals surface area (Å²) in [6.45, 7) is 7.30. The maximum absolute atomic E-state index is 10.6. The van der Waals surface area contributed by atoms with Gasteiger partial charge in [0.2, 0.25) is 0 Å². The van der Waals surface area contributed by atoms with E-state index in [9.17, 15) is 4.57 Å². The van der Waals surface area contributed by atoms with E-state index in [1.54, 1.807) is 0 Å². The molecule has 1 saturated carbocycles. The highest BCUT2D eigenvalue weighted by Gasteiger charge is 1.95. The molecular weight excluding hydrogens is 223 g/mol. The van der Waals surface area contributed by atoms with E-state index in [0.29, 0.717) is 0 Å². The van der Waals surface area contributed by atoms with E-state index >= 15 is 0 Å². The van der Waals surface area contributed by atoms with Crippen LogP contribution in [-0.2, 0) is 13.6 Å². The Balaban J connectivity index is 0.000000315. The van der Waals surface area contributed by atoms with Crippen LogP contribution in [0.4, 0.5) is 0 Å². The number of rotatable bonds is 6. The van der Waals surface area contributed by atoms with Crippen LogP contribution in [0.25, 0.3) is 0 Å². The summed E-state index contributed by atoms with van der Waals surface area (Å²) in [4.78, 5) is 0. The van der Waals surface area contributed by atoms with Crippen molar-refractivity contribution >= 4 is 8.25 Å². The molecule has 0 bridgehead atoms. The quantitative estimate of drug-likeness (QED) is 0.522. The van der Waals surface area contributed by atoms with Gasteiger partial charge in [-0.15, -0.1) is 13.2 Å². The highest BCUT2D eigenvalue weighted by atomic mass is 31.1. The minimum Gasteiger partial charge on any atom is -0.306 e. The summed E-state index contributed by atoms with van der Waals surface area (Å²) in [6.07, 6.45) is 12.0. The van der Waals surface area contributed by atoms with Gasteiger partial charge in [0, 0.05) is 0 Å². The molecule has 0 aromatic heterocycles. The topological polar surface area (TPSA) is 35.5 Å². The summed E-state index contributed by atoms with van der Waals surface area (Å²) in [5.41, 5.74) is 0. The second kappa shape index (κ2) is 12.7. The fourth-order valence-electron chi connectivity index (χ4n) is 1.36. The zero-order chi connectivity index (χ0) is 12.1. The summed E-state index contributed by atoms with van der Waals surface area (Å²) in [5.74, 6) is 0. The molecule has 0 saturated heterocycles. The van der Waals surface area contributed by atoms with Gasteiger partial charge in [0.1, 0.15) is 0 Å². The maximum Gasteiger partial charge on any atom is 0.319 e. The molecule has 1 aliphatic rings. The molecule has 1 aliphatic carbocycles. The van der Waals surface area contributed by atoms with Crippen LogP contribution in [0.5, 0.6) is 0 Å². The van der Waals surface area contributed by atoms with Crippen molar-refractivity contribution in [2.45, 2.75) is 38.5 Å². The predicted molar refractivity (Wildman–Crippen MR) is 69.0 cm³/mol. The summed E-state index contributed by atoms with van der Waals surface area (Å²) in [7, 11) is -2.31. The van der Waals surface area contributed by atoms with Crippen LogP contribution in [0.15, 0.2) is 25.3 Å². The van der Waals surface area contributed by atoms with E-state index in [4.69, 9.17) is 0 Å². The first kappa shape index (κ1) is 15.6. The SMILES string of the molecule is C1CCCCC1.C=CCO[PH](=O)OCC=C. The van der Waals surface area contributed by atoms with Crippen molar-refractivity contribution in [1.29, 1.82) is 0 Å². The van der Waals surface area contributed by atoms with Crippen molar-refractivity contribution in [2.75, 3.05) is 13.2 Å².